The predicted molar refractivity (Wildman–Crippen MR) is 61.1 cm³/mol. The number of nitro benzene ring substituents is 1. The number of nitrogens with zero attached hydrogens (tertiary/aromatic N) is 3. The van der Waals surface area contributed by atoms with E-state index in [4.69, 9.17) is 5.26 Å². The maximum absolute atomic E-state index is 13.7. The molecule has 0 N–H and O–H groups in total. The largest absolute Gasteiger partial charge is 0.366 e. The van der Waals surface area contributed by atoms with Crippen LogP contribution in [0.5, 0.6) is 0 Å². The van der Waals surface area contributed by atoms with Gasteiger partial charge in [0.2, 0.25) is 0 Å². The van der Waals surface area contributed by atoms with Crippen molar-refractivity contribution in [3.8, 4) is 6.07 Å². The number of non-ortho nitro benzene ring substituents is 1. The number of hydrogen-bond acceptors (Lipinski definition) is 4. The average Bonchev–Trinajstić information content (AvgIpc) is 2.27. The van der Waals surface area contributed by atoms with E-state index in [1.807, 2.05) is 6.07 Å². The molecule has 0 amide bonds. The van der Waals surface area contributed by atoms with E-state index in [1.165, 1.54) is 11.9 Å². The van der Waals surface area contributed by atoms with Crippen molar-refractivity contribution in [2.45, 2.75) is 19.4 Å². The van der Waals surface area contributed by atoms with Gasteiger partial charge < -0.3 is 4.90 Å². The summed E-state index contributed by atoms with van der Waals surface area (Å²) in [6.45, 7) is 1.63. The van der Waals surface area contributed by atoms with Gasteiger partial charge in [-0.15, -0.1) is 0 Å². The molecule has 1 unspecified atom stereocenters. The van der Waals surface area contributed by atoms with Gasteiger partial charge in [0.25, 0.3) is 5.69 Å². The third-order valence-electron chi connectivity index (χ3n) is 2.61. The second-order valence-corrected chi connectivity index (χ2v) is 3.84. The van der Waals surface area contributed by atoms with Gasteiger partial charge in [0.15, 0.2) is 11.6 Å². The molecule has 5 nitrogen and oxygen atoms in total. The molecule has 0 bridgehead atoms. The molecule has 0 aliphatic carbocycles. The van der Waals surface area contributed by atoms with E-state index in [9.17, 15) is 18.9 Å². The molecular formula is C11H11F2N3O2. The van der Waals surface area contributed by atoms with E-state index in [0.29, 0.717) is 12.1 Å². The van der Waals surface area contributed by atoms with Crippen LogP contribution in [-0.2, 0) is 0 Å². The van der Waals surface area contributed by atoms with Crippen molar-refractivity contribution in [2.75, 3.05) is 11.9 Å². The highest BCUT2D eigenvalue weighted by Gasteiger charge is 2.22. The summed E-state index contributed by atoms with van der Waals surface area (Å²) >= 11 is 0. The zero-order valence-electron chi connectivity index (χ0n) is 9.85. The third-order valence-corrected chi connectivity index (χ3v) is 2.61. The highest BCUT2D eigenvalue weighted by Crippen LogP contribution is 2.28. The first kappa shape index (κ1) is 13.8. The third kappa shape index (κ3) is 2.71. The zero-order chi connectivity index (χ0) is 13.9. The van der Waals surface area contributed by atoms with Crippen LogP contribution in [0, 0.1) is 33.1 Å². The van der Waals surface area contributed by atoms with Crippen LogP contribution in [-0.4, -0.2) is 18.0 Å². The molecule has 0 saturated heterocycles. The molecule has 7 heteroatoms. The molecule has 0 heterocycles. The van der Waals surface area contributed by atoms with E-state index >= 15 is 0 Å². The van der Waals surface area contributed by atoms with E-state index < -0.39 is 28.3 Å². The molecule has 0 radical (unpaired) electrons. The first-order valence-electron chi connectivity index (χ1n) is 5.11. The fourth-order valence-corrected chi connectivity index (χ4v) is 1.48. The molecule has 1 aromatic rings. The Bertz CT molecular complexity index is 490. The maximum Gasteiger partial charge on any atom is 0.275 e. The summed E-state index contributed by atoms with van der Waals surface area (Å²) in [6, 6.07) is 2.81. The highest BCUT2D eigenvalue weighted by molar-refractivity contribution is 5.54. The topological polar surface area (TPSA) is 70.2 Å². The molecule has 1 aromatic carbocycles. The molecule has 96 valence electrons. The highest BCUT2D eigenvalue weighted by atomic mass is 19.1. The number of rotatable bonds is 4. The van der Waals surface area contributed by atoms with Crippen LogP contribution in [0.15, 0.2) is 12.1 Å². The lowest BCUT2D eigenvalue weighted by molar-refractivity contribution is -0.385. The quantitative estimate of drug-likeness (QED) is 0.612. The van der Waals surface area contributed by atoms with Gasteiger partial charge in [-0.05, 0) is 6.92 Å². The minimum Gasteiger partial charge on any atom is -0.366 e. The van der Waals surface area contributed by atoms with Crippen molar-refractivity contribution >= 4 is 11.4 Å². The van der Waals surface area contributed by atoms with Gasteiger partial charge >= 0.3 is 0 Å². The molecule has 0 aliphatic heterocycles. The number of anilines is 1. The number of benzene rings is 1. The zero-order valence-corrected chi connectivity index (χ0v) is 9.85. The smallest absolute Gasteiger partial charge is 0.275 e. The normalized spacial score (nSPS) is 11.7. The molecular weight excluding hydrogens is 244 g/mol. The maximum atomic E-state index is 13.7. The van der Waals surface area contributed by atoms with Gasteiger partial charge in [0.1, 0.15) is 5.69 Å². The van der Waals surface area contributed by atoms with Crippen LogP contribution in [0.25, 0.3) is 0 Å². The van der Waals surface area contributed by atoms with Gasteiger partial charge in [0.05, 0.1) is 29.5 Å². The summed E-state index contributed by atoms with van der Waals surface area (Å²) in [5.41, 5.74) is -1.02. The van der Waals surface area contributed by atoms with Gasteiger partial charge in [0, 0.05) is 13.1 Å². The Kier molecular flexibility index (Phi) is 4.15. The molecule has 0 aliphatic rings. The SMILES string of the molecule is CC(CC#N)N(C)c1c(F)cc([N+](=O)[O-])cc1F. The Morgan fingerprint density at radius 1 is 1.50 bits per heavy atom. The van der Waals surface area contributed by atoms with Crippen LogP contribution in [0.1, 0.15) is 13.3 Å². The van der Waals surface area contributed by atoms with Gasteiger partial charge in [-0.2, -0.15) is 5.26 Å². The Hall–Kier alpha value is -2.23. The van der Waals surface area contributed by atoms with Crippen molar-refractivity contribution in [1.82, 2.24) is 0 Å². The number of halogens is 2. The number of nitriles is 1. The average molecular weight is 255 g/mol. The minimum atomic E-state index is -1.02. The molecule has 0 aromatic heterocycles. The standard InChI is InChI=1S/C11H11F2N3O2/c1-7(3-4-14)15(2)11-9(12)5-8(16(17)18)6-10(11)13/h5-7H,3H2,1-2H3. The van der Waals surface area contributed by atoms with E-state index in [0.717, 1.165) is 0 Å². The van der Waals surface area contributed by atoms with E-state index in [2.05, 4.69) is 0 Å². The Labute approximate surface area is 102 Å². The second-order valence-electron chi connectivity index (χ2n) is 3.84. The summed E-state index contributed by atoms with van der Waals surface area (Å²) < 4.78 is 27.3. The van der Waals surface area contributed by atoms with Crippen molar-refractivity contribution in [3.63, 3.8) is 0 Å². The summed E-state index contributed by atoms with van der Waals surface area (Å²) in [5, 5.41) is 19.0. The number of hydrogen-bond donors (Lipinski definition) is 0. The predicted octanol–water partition coefficient (Wildman–Crippen LogP) is 2.61. The van der Waals surface area contributed by atoms with E-state index in [-0.39, 0.29) is 12.1 Å². The monoisotopic (exact) mass is 255 g/mol. The fraction of sp³-hybridized carbons (Fsp3) is 0.364. The molecule has 0 spiro atoms. The molecule has 1 rings (SSSR count). The Morgan fingerprint density at radius 3 is 2.39 bits per heavy atom. The van der Waals surface area contributed by atoms with Crippen molar-refractivity contribution in [1.29, 1.82) is 5.26 Å². The van der Waals surface area contributed by atoms with Gasteiger partial charge in [-0.3, -0.25) is 10.1 Å². The first-order valence-corrected chi connectivity index (χ1v) is 5.11. The van der Waals surface area contributed by atoms with Gasteiger partial charge in [-0.25, -0.2) is 8.78 Å². The van der Waals surface area contributed by atoms with Crippen LogP contribution >= 0.6 is 0 Å². The molecule has 0 fully saturated rings. The van der Waals surface area contributed by atoms with Crippen LogP contribution in [0.4, 0.5) is 20.2 Å². The second kappa shape index (κ2) is 5.40. The van der Waals surface area contributed by atoms with Crippen molar-refractivity contribution in [2.24, 2.45) is 0 Å². The summed E-state index contributed by atoms with van der Waals surface area (Å²) in [4.78, 5) is 10.8. The lowest BCUT2D eigenvalue weighted by Gasteiger charge is -2.25. The van der Waals surface area contributed by atoms with Crippen LogP contribution in [0.2, 0.25) is 0 Å². The molecule has 1 atom stereocenters. The minimum absolute atomic E-state index is 0.0897. The molecule has 0 saturated carbocycles. The van der Waals surface area contributed by atoms with Crippen LogP contribution in [0.3, 0.4) is 0 Å². The summed E-state index contributed by atoms with van der Waals surface area (Å²) in [6.07, 6.45) is 0.0897. The summed E-state index contributed by atoms with van der Waals surface area (Å²) in [5.74, 6) is -2.04. The van der Waals surface area contributed by atoms with Crippen molar-refractivity contribution in [3.05, 3.63) is 33.9 Å². The number of nitro groups is 1. The summed E-state index contributed by atoms with van der Waals surface area (Å²) in [7, 11) is 1.43. The fourth-order valence-electron chi connectivity index (χ4n) is 1.48. The lowest BCUT2D eigenvalue weighted by atomic mass is 10.1. The van der Waals surface area contributed by atoms with Gasteiger partial charge in [-0.1, -0.05) is 0 Å². The van der Waals surface area contributed by atoms with E-state index in [1.54, 1.807) is 6.92 Å². The first-order chi connectivity index (χ1) is 8.38. The Morgan fingerprint density at radius 2 is 2.00 bits per heavy atom. The van der Waals surface area contributed by atoms with Crippen LogP contribution < -0.4 is 4.90 Å². The van der Waals surface area contributed by atoms with Crippen molar-refractivity contribution < 1.29 is 13.7 Å². The Balaban J connectivity index is 3.18. The molecule has 18 heavy (non-hydrogen) atoms. The lowest BCUT2D eigenvalue weighted by Crippen LogP contribution is -2.30.